The van der Waals surface area contributed by atoms with Crippen molar-refractivity contribution in [2.75, 3.05) is 27.2 Å². The molecule has 3 rings (SSSR count). The third-order valence-corrected chi connectivity index (χ3v) is 4.20. The fraction of sp³-hybridized carbons (Fsp3) is 0.444. The van der Waals surface area contributed by atoms with Gasteiger partial charge in [0.1, 0.15) is 6.26 Å². The second kappa shape index (κ2) is 7.49. The Kier molecular flexibility index (Phi) is 5.15. The first-order chi connectivity index (χ1) is 11.6. The van der Waals surface area contributed by atoms with Crippen LogP contribution < -0.4 is 5.32 Å². The molecule has 2 heterocycles. The Hall–Kier alpha value is -2.34. The van der Waals surface area contributed by atoms with Crippen LogP contribution in [0.5, 0.6) is 0 Å². The molecule has 1 N–H and O–H groups in total. The van der Waals surface area contributed by atoms with E-state index in [4.69, 9.17) is 4.42 Å². The third kappa shape index (κ3) is 4.14. The average molecular weight is 328 g/mol. The zero-order valence-electron chi connectivity index (χ0n) is 14.2. The van der Waals surface area contributed by atoms with Gasteiger partial charge in [-0.25, -0.2) is 9.78 Å². The van der Waals surface area contributed by atoms with Crippen LogP contribution in [0.15, 0.2) is 41.0 Å². The van der Waals surface area contributed by atoms with Gasteiger partial charge in [-0.15, -0.1) is 0 Å². The number of nitrogens with one attached hydrogen (secondary N) is 1. The summed E-state index contributed by atoms with van der Waals surface area (Å²) in [6.07, 6.45) is 3.82. The average Bonchev–Trinajstić information content (AvgIpc) is 3.04. The molecule has 0 saturated carbocycles. The zero-order valence-corrected chi connectivity index (χ0v) is 14.2. The molecule has 0 aliphatic carbocycles. The van der Waals surface area contributed by atoms with Gasteiger partial charge in [-0.3, -0.25) is 4.90 Å². The summed E-state index contributed by atoms with van der Waals surface area (Å²) in [4.78, 5) is 20.3. The summed E-state index contributed by atoms with van der Waals surface area (Å²) in [6, 6.07) is 10.1. The molecule has 1 aliphatic rings. The molecule has 128 valence electrons. The molecule has 2 aromatic rings. The Morgan fingerprint density at radius 2 is 2.17 bits per heavy atom. The lowest BCUT2D eigenvalue weighted by Crippen LogP contribution is -2.49. The van der Waals surface area contributed by atoms with Crippen LogP contribution in [0.25, 0.3) is 11.5 Å². The van der Waals surface area contributed by atoms with Gasteiger partial charge in [0, 0.05) is 38.8 Å². The number of piperidine rings is 1. The first-order valence-corrected chi connectivity index (χ1v) is 8.32. The molecule has 0 radical (unpaired) electrons. The van der Waals surface area contributed by atoms with Gasteiger partial charge < -0.3 is 14.6 Å². The molecule has 1 atom stereocenters. The van der Waals surface area contributed by atoms with E-state index in [2.05, 4.69) is 15.2 Å². The molecule has 6 heteroatoms. The van der Waals surface area contributed by atoms with E-state index in [-0.39, 0.29) is 12.1 Å². The van der Waals surface area contributed by atoms with Gasteiger partial charge >= 0.3 is 6.03 Å². The molecular weight excluding hydrogens is 304 g/mol. The van der Waals surface area contributed by atoms with Crippen LogP contribution >= 0.6 is 0 Å². The summed E-state index contributed by atoms with van der Waals surface area (Å²) in [5.74, 6) is 0.653. The normalized spacial score (nSPS) is 18.3. The molecule has 1 aromatic carbocycles. The monoisotopic (exact) mass is 328 g/mol. The van der Waals surface area contributed by atoms with Crippen LogP contribution in [0.2, 0.25) is 0 Å². The van der Waals surface area contributed by atoms with E-state index in [9.17, 15) is 4.79 Å². The van der Waals surface area contributed by atoms with Crippen LogP contribution in [0.1, 0.15) is 18.5 Å². The SMILES string of the molecule is CN(C)C(=O)NC1CCCN(Cc2coc(-c3ccccc3)n2)C1. The Bertz CT molecular complexity index is 669. The number of aromatic nitrogens is 1. The molecule has 1 aliphatic heterocycles. The fourth-order valence-electron chi connectivity index (χ4n) is 2.94. The highest BCUT2D eigenvalue weighted by Crippen LogP contribution is 2.20. The van der Waals surface area contributed by atoms with Crippen LogP contribution in [-0.2, 0) is 6.54 Å². The lowest BCUT2D eigenvalue weighted by molar-refractivity contribution is 0.170. The van der Waals surface area contributed by atoms with Crippen LogP contribution in [-0.4, -0.2) is 54.0 Å². The van der Waals surface area contributed by atoms with Crippen molar-refractivity contribution >= 4 is 6.03 Å². The maximum atomic E-state index is 11.8. The molecular formula is C18H24N4O2. The van der Waals surface area contributed by atoms with Crippen molar-refractivity contribution in [1.82, 2.24) is 20.1 Å². The summed E-state index contributed by atoms with van der Waals surface area (Å²) in [5.41, 5.74) is 1.91. The minimum atomic E-state index is -0.0327. The summed E-state index contributed by atoms with van der Waals surface area (Å²) in [6.45, 7) is 2.60. The van der Waals surface area contributed by atoms with Gasteiger partial charge in [-0.1, -0.05) is 18.2 Å². The molecule has 6 nitrogen and oxygen atoms in total. The predicted octanol–water partition coefficient (Wildman–Crippen LogP) is 2.58. The van der Waals surface area contributed by atoms with E-state index in [1.165, 1.54) is 0 Å². The fourth-order valence-corrected chi connectivity index (χ4v) is 2.94. The molecule has 1 fully saturated rings. The molecule has 1 saturated heterocycles. The van der Waals surface area contributed by atoms with Crippen molar-refractivity contribution in [1.29, 1.82) is 0 Å². The second-order valence-electron chi connectivity index (χ2n) is 6.43. The number of amides is 2. The Balaban J connectivity index is 1.58. The van der Waals surface area contributed by atoms with E-state index in [0.29, 0.717) is 5.89 Å². The summed E-state index contributed by atoms with van der Waals surface area (Å²) >= 11 is 0. The standard InChI is InChI=1S/C18H24N4O2/c1-21(2)18(23)20-15-9-6-10-22(11-15)12-16-13-24-17(19-16)14-7-4-3-5-8-14/h3-5,7-8,13,15H,6,9-12H2,1-2H3,(H,20,23). The van der Waals surface area contributed by atoms with Gasteiger partial charge in [-0.05, 0) is 31.5 Å². The number of urea groups is 1. The number of likely N-dealkylation sites (tertiary alicyclic amines) is 1. The summed E-state index contributed by atoms with van der Waals surface area (Å²) < 4.78 is 5.60. The minimum absolute atomic E-state index is 0.0327. The Morgan fingerprint density at radius 3 is 2.92 bits per heavy atom. The third-order valence-electron chi connectivity index (χ3n) is 4.20. The Labute approximate surface area is 142 Å². The summed E-state index contributed by atoms with van der Waals surface area (Å²) in [7, 11) is 3.52. The number of hydrogen-bond acceptors (Lipinski definition) is 4. The quantitative estimate of drug-likeness (QED) is 0.937. The number of oxazole rings is 1. The van der Waals surface area contributed by atoms with Crippen molar-refractivity contribution < 1.29 is 9.21 Å². The number of nitrogens with zero attached hydrogens (tertiary/aromatic N) is 3. The molecule has 0 spiro atoms. The summed E-state index contributed by atoms with van der Waals surface area (Å²) in [5, 5.41) is 3.07. The van der Waals surface area contributed by atoms with Crippen molar-refractivity contribution in [3.05, 3.63) is 42.3 Å². The maximum absolute atomic E-state index is 11.8. The van der Waals surface area contributed by atoms with Crippen molar-refractivity contribution in [3.63, 3.8) is 0 Å². The maximum Gasteiger partial charge on any atom is 0.317 e. The molecule has 1 aromatic heterocycles. The molecule has 24 heavy (non-hydrogen) atoms. The topological polar surface area (TPSA) is 61.6 Å². The van der Waals surface area contributed by atoms with E-state index >= 15 is 0 Å². The highest BCUT2D eigenvalue weighted by molar-refractivity contribution is 5.73. The van der Waals surface area contributed by atoms with Crippen LogP contribution in [0.3, 0.4) is 0 Å². The molecule has 0 bridgehead atoms. The van der Waals surface area contributed by atoms with Gasteiger partial charge in [-0.2, -0.15) is 0 Å². The second-order valence-corrected chi connectivity index (χ2v) is 6.43. The van der Waals surface area contributed by atoms with Crippen molar-refractivity contribution in [2.24, 2.45) is 0 Å². The van der Waals surface area contributed by atoms with Gasteiger partial charge in [0.15, 0.2) is 0 Å². The van der Waals surface area contributed by atoms with Crippen molar-refractivity contribution in [2.45, 2.75) is 25.4 Å². The number of carbonyl (C=O) groups is 1. The number of hydrogen-bond donors (Lipinski definition) is 1. The van der Waals surface area contributed by atoms with E-state index in [0.717, 1.165) is 43.7 Å². The van der Waals surface area contributed by atoms with Crippen molar-refractivity contribution in [3.8, 4) is 11.5 Å². The van der Waals surface area contributed by atoms with E-state index < -0.39 is 0 Å². The highest BCUT2D eigenvalue weighted by Gasteiger charge is 2.22. The zero-order chi connectivity index (χ0) is 16.9. The first-order valence-electron chi connectivity index (χ1n) is 8.32. The first kappa shape index (κ1) is 16.5. The Morgan fingerprint density at radius 1 is 1.38 bits per heavy atom. The van der Waals surface area contributed by atoms with Gasteiger partial charge in [0.2, 0.25) is 5.89 Å². The molecule has 2 amide bonds. The highest BCUT2D eigenvalue weighted by atomic mass is 16.3. The van der Waals surface area contributed by atoms with E-state index in [1.807, 2.05) is 30.3 Å². The smallest absolute Gasteiger partial charge is 0.317 e. The largest absolute Gasteiger partial charge is 0.444 e. The van der Waals surface area contributed by atoms with E-state index in [1.54, 1.807) is 25.3 Å². The number of benzene rings is 1. The van der Waals surface area contributed by atoms with Gasteiger partial charge in [0.05, 0.1) is 5.69 Å². The number of rotatable bonds is 4. The number of carbonyl (C=O) groups excluding carboxylic acids is 1. The minimum Gasteiger partial charge on any atom is -0.444 e. The molecule has 1 unspecified atom stereocenters. The predicted molar refractivity (Wildman–Crippen MR) is 92.5 cm³/mol. The van der Waals surface area contributed by atoms with Crippen LogP contribution in [0.4, 0.5) is 4.79 Å². The van der Waals surface area contributed by atoms with Gasteiger partial charge in [0.25, 0.3) is 0 Å². The lowest BCUT2D eigenvalue weighted by atomic mass is 10.1. The lowest BCUT2D eigenvalue weighted by Gasteiger charge is -2.33. The van der Waals surface area contributed by atoms with Crippen LogP contribution in [0, 0.1) is 0 Å².